The van der Waals surface area contributed by atoms with Crippen LogP contribution >= 0.6 is 0 Å². The quantitative estimate of drug-likeness (QED) is 0.666. The number of hydrogen-bond donors (Lipinski definition) is 1. The van der Waals surface area contributed by atoms with E-state index in [2.05, 4.69) is 53.4 Å². The Labute approximate surface area is 139 Å². The molecule has 0 amide bonds. The van der Waals surface area contributed by atoms with Crippen molar-refractivity contribution in [3.05, 3.63) is 47.9 Å². The Hall–Kier alpha value is -2.10. The molecule has 0 saturated heterocycles. The summed E-state index contributed by atoms with van der Waals surface area (Å²) < 4.78 is 5.86. The highest BCUT2D eigenvalue weighted by molar-refractivity contribution is 5.47. The molecule has 0 atom stereocenters. The lowest BCUT2D eigenvalue weighted by Crippen LogP contribution is -2.07. The van der Waals surface area contributed by atoms with E-state index in [1.54, 1.807) is 12.5 Å². The van der Waals surface area contributed by atoms with Gasteiger partial charge in [0.15, 0.2) is 11.6 Å². The number of aryl methyl sites for hydroxylation is 2. The minimum Gasteiger partial charge on any atom is -0.488 e. The van der Waals surface area contributed by atoms with Gasteiger partial charge in [-0.3, -0.25) is 0 Å². The highest BCUT2D eigenvalue weighted by atomic mass is 16.5. The molecular weight excluding hydrogens is 286 g/mol. The van der Waals surface area contributed by atoms with Crippen LogP contribution in [0.4, 0.5) is 5.82 Å². The highest BCUT2D eigenvalue weighted by Gasteiger charge is 2.04. The molecule has 1 aromatic heterocycles. The summed E-state index contributed by atoms with van der Waals surface area (Å²) in [7, 11) is 0. The van der Waals surface area contributed by atoms with Crippen LogP contribution < -0.4 is 10.1 Å². The summed E-state index contributed by atoms with van der Waals surface area (Å²) in [5.41, 5.74) is 2.76. The van der Waals surface area contributed by atoms with Crippen molar-refractivity contribution in [3.8, 4) is 5.75 Å². The Morgan fingerprint density at radius 3 is 2.83 bits per heavy atom. The van der Waals surface area contributed by atoms with E-state index in [1.165, 1.54) is 11.1 Å². The van der Waals surface area contributed by atoms with E-state index in [0.717, 1.165) is 50.2 Å². The molecule has 1 heterocycles. The number of nitrogens with zero attached hydrogens (tertiary/aromatic N) is 2. The van der Waals surface area contributed by atoms with E-state index >= 15 is 0 Å². The van der Waals surface area contributed by atoms with E-state index in [9.17, 15) is 0 Å². The minimum absolute atomic E-state index is 0.673. The first-order chi connectivity index (χ1) is 11.3. The van der Waals surface area contributed by atoms with Crippen LogP contribution in [-0.2, 0) is 12.8 Å². The van der Waals surface area contributed by atoms with Crippen molar-refractivity contribution < 1.29 is 4.74 Å². The van der Waals surface area contributed by atoms with Gasteiger partial charge in [-0.2, -0.15) is 0 Å². The molecule has 0 fully saturated rings. The number of unbranched alkanes of at least 4 members (excludes halogenated alkanes) is 1. The number of aromatic nitrogens is 2. The second kappa shape index (κ2) is 9.82. The number of hydrogen-bond acceptors (Lipinski definition) is 4. The van der Waals surface area contributed by atoms with Gasteiger partial charge < -0.3 is 10.1 Å². The van der Waals surface area contributed by atoms with Crippen LogP contribution in [-0.4, -0.2) is 23.1 Å². The molecule has 0 spiro atoms. The fourth-order valence-corrected chi connectivity index (χ4v) is 2.40. The zero-order valence-corrected chi connectivity index (χ0v) is 14.2. The van der Waals surface area contributed by atoms with Gasteiger partial charge in [0.05, 0.1) is 12.8 Å². The molecular formula is C19H27N3O. The Kier molecular flexibility index (Phi) is 7.37. The first-order valence-electron chi connectivity index (χ1n) is 8.58. The smallest absolute Gasteiger partial charge is 0.179 e. The van der Waals surface area contributed by atoms with Crippen LogP contribution in [0.15, 0.2) is 36.8 Å². The largest absolute Gasteiger partial charge is 0.488 e. The molecule has 1 aromatic carbocycles. The third-order valence-corrected chi connectivity index (χ3v) is 3.77. The standard InChI is InChI=1S/C19H27N3O/c1-3-5-11-21-19-18(14-20-15-22-19)23-12-7-10-17-9-6-8-16(4-2)13-17/h6,8-9,13-15H,3-5,7,10-12H2,1-2H3,(H,20,21,22). The molecule has 0 aliphatic heterocycles. The SMILES string of the molecule is CCCCNc1ncncc1OCCCc1cccc(CC)c1. The Morgan fingerprint density at radius 2 is 2.00 bits per heavy atom. The van der Waals surface area contributed by atoms with Crippen LogP contribution in [0.1, 0.15) is 44.2 Å². The Balaban J connectivity index is 1.79. The molecule has 0 saturated carbocycles. The van der Waals surface area contributed by atoms with E-state index < -0.39 is 0 Å². The second-order valence-corrected chi connectivity index (χ2v) is 5.64. The van der Waals surface area contributed by atoms with Crippen LogP contribution in [0.2, 0.25) is 0 Å². The maximum atomic E-state index is 5.86. The van der Waals surface area contributed by atoms with E-state index in [1.807, 2.05) is 0 Å². The Bertz CT molecular complexity index is 586. The molecule has 0 bridgehead atoms. The highest BCUT2D eigenvalue weighted by Crippen LogP contribution is 2.20. The number of nitrogens with one attached hydrogen (secondary N) is 1. The predicted octanol–water partition coefficient (Wildman–Crippen LogP) is 4.26. The number of anilines is 1. The fraction of sp³-hybridized carbons (Fsp3) is 0.474. The summed E-state index contributed by atoms with van der Waals surface area (Å²) >= 11 is 0. The van der Waals surface area contributed by atoms with Crippen molar-refractivity contribution in [2.75, 3.05) is 18.5 Å². The predicted molar refractivity (Wildman–Crippen MR) is 95.1 cm³/mol. The number of ether oxygens (including phenoxy) is 1. The van der Waals surface area contributed by atoms with Crippen molar-refractivity contribution in [1.82, 2.24) is 9.97 Å². The first kappa shape index (κ1) is 17.3. The summed E-state index contributed by atoms with van der Waals surface area (Å²) in [6.45, 7) is 5.94. The van der Waals surface area contributed by atoms with Crippen LogP contribution in [0, 0.1) is 0 Å². The van der Waals surface area contributed by atoms with Crippen molar-refractivity contribution >= 4 is 5.82 Å². The normalized spacial score (nSPS) is 10.5. The minimum atomic E-state index is 0.673. The maximum Gasteiger partial charge on any atom is 0.179 e. The van der Waals surface area contributed by atoms with E-state index in [0.29, 0.717) is 6.61 Å². The molecule has 0 aliphatic rings. The average molecular weight is 313 g/mol. The number of rotatable bonds is 10. The number of benzene rings is 1. The fourth-order valence-electron chi connectivity index (χ4n) is 2.40. The topological polar surface area (TPSA) is 47.0 Å². The van der Waals surface area contributed by atoms with Gasteiger partial charge in [-0.15, -0.1) is 0 Å². The summed E-state index contributed by atoms with van der Waals surface area (Å²) in [6, 6.07) is 8.78. The van der Waals surface area contributed by atoms with Crippen molar-refractivity contribution in [1.29, 1.82) is 0 Å². The molecule has 0 aliphatic carbocycles. The molecule has 0 radical (unpaired) electrons. The van der Waals surface area contributed by atoms with Gasteiger partial charge >= 0.3 is 0 Å². The maximum absolute atomic E-state index is 5.86. The van der Waals surface area contributed by atoms with E-state index in [-0.39, 0.29) is 0 Å². The van der Waals surface area contributed by atoms with Crippen LogP contribution in [0.3, 0.4) is 0 Å². The Morgan fingerprint density at radius 1 is 1.13 bits per heavy atom. The third kappa shape index (κ3) is 5.89. The molecule has 0 unspecified atom stereocenters. The summed E-state index contributed by atoms with van der Waals surface area (Å²) in [6.07, 6.45) is 8.66. The van der Waals surface area contributed by atoms with Gasteiger partial charge in [-0.05, 0) is 36.8 Å². The van der Waals surface area contributed by atoms with Crippen LogP contribution in [0.25, 0.3) is 0 Å². The molecule has 124 valence electrons. The molecule has 2 aromatic rings. The first-order valence-corrected chi connectivity index (χ1v) is 8.58. The summed E-state index contributed by atoms with van der Waals surface area (Å²) in [5.74, 6) is 1.53. The van der Waals surface area contributed by atoms with Crippen molar-refractivity contribution in [2.24, 2.45) is 0 Å². The van der Waals surface area contributed by atoms with Crippen molar-refractivity contribution in [2.45, 2.75) is 46.0 Å². The van der Waals surface area contributed by atoms with Gasteiger partial charge in [-0.25, -0.2) is 9.97 Å². The summed E-state index contributed by atoms with van der Waals surface area (Å²) in [4.78, 5) is 8.32. The average Bonchev–Trinajstić information content (AvgIpc) is 2.60. The lowest BCUT2D eigenvalue weighted by Gasteiger charge is -2.11. The van der Waals surface area contributed by atoms with Crippen LogP contribution in [0.5, 0.6) is 5.75 Å². The van der Waals surface area contributed by atoms with Gasteiger partial charge in [0, 0.05) is 6.54 Å². The lowest BCUT2D eigenvalue weighted by atomic mass is 10.1. The second-order valence-electron chi connectivity index (χ2n) is 5.64. The van der Waals surface area contributed by atoms with E-state index in [4.69, 9.17) is 4.74 Å². The van der Waals surface area contributed by atoms with Gasteiger partial charge in [0.2, 0.25) is 0 Å². The molecule has 1 N–H and O–H groups in total. The molecule has 2 rings (SSSR count). The molecule has 23 heavy (non-hydrogen) atoms. The van der Waals surface area contributed by atoms with Gasteiger partial charge in [-0.1, -0.05) is 44.5 Å². The van der Waals surface area contributed by atoms with Gasteiger partial charge in [0.1, 0.15) is 6.33 Å². The van der Waals surface area contributed by atoms with Gasteiger partial charge in [0.25, 0.3) is 0 Å². The van der Waals surface area contributed by atoms with Crippen molar-refractivity contribution in [3.63, 3.8) is 0 Å². The lowest BCUT2D eigenvalue weighted by molar-refractivity contribution is 0.310. The molecule has 4 nitrogen and oxygen atoms in total. The summed E-state index contributed by atoms with van der Waals surface area (Å²) in [5, 5.41) is 3.31. The zero-order valence-electron chi connectivity index (χ0n) is 14.2. The monoisotopic (exact) mass is 313 g/mol. The zero-order chi connectivity index (χ0) is 16.3. The molecule has 4 heteroatoms. The third-order valence-electron chi connectivity index (χ3n) is 3.77.